The Labute approximate surface area is 121 Å². The quantitative estimate of drug-likeness (QED) is 0.881. The third kappa shape index (κ3) is 3.31. The molecular formula is C13H16N4O2S. The van der Waals surface area contributed by atoms with E-state index in [9.17, 15) is 4.79 Å². The summed E-state index contributed by atoms with van der Waals surface area (Å²) in [6.07, 6.45) is 1.61. The number of anilines is 1. The lowest BCUT2D eigenvalue weighted by Crippen LogP contribution is -2.14. The molecule has 0 radical (unpaired) electrons. The third-order valence-corrected chi connectivity index (χ3v) is 3.49. The molecule has 0 aliphatic carbocycles. The first-order valence-electron chi connectivity index (χ1n) is 6.22. The van der Waals surface area contributed by atoms with Crippen molar-refractivity contribution in [2.75, 3.05) is 11.9 Å². The lowest BCUT2D eigenvalue weighted by Gasteiger charge is -2.08. The van der Waals surface area contributed by atoms with Crippen LogP contribution in [0.25, 0.3) is 0 Å². The summed E-state index contributed by atoms with van der Waals surface area (Å²) in [7, 11) is 0. The molecule has 0 aliphatic heterocycles. The van der Waals surface area contributed by atoms with Crippen LogP contribution in [0.4, 0.5) is 5.69 Å². The van der Waals surface area contributed by atoms with Gasteiger partial charge in [-0.3, -0.25) is 4.79 Å². The van der Waals surface area contributed by atoms with Gasteiger partial charge in [0.1, 0.15) is 16.4 Å². The summed E-state index contributed by atoms with van der Waals surface area (Å²) in [5.41, 5.74) is 6.59. The number of nitrogens with one attached hydrogen (secondary N) is 1. The van der Waals surface area contributed by atoms with E-state index in [1.54, 1.807) is 23.7 Å². The van der Waals surface area contributed by atoms with Crippen LogP contribution in [0.2, 0.25) is 0 Å². The minimum Gasteiger partial charge on any atom is -0.476 e. The molecule has 0 aromatic carbocycles. The first-order chi connectivity index (χ1) is 9.61. The van der Waals surface area contributed by atoms with E-state index >= 15 is 0 Å². The minimum atomic E-state index is -0.304. The standard InChI is InChI=1S/C13H16N4O2S/c1-3-19-12-9(5-4-6-15-12)16-11(18)10-7-20-13(17-10)8(2)14/h4-8H,3,14H2,1-2H3,(H,16,18). The first-order valence-corrected chi connectivity index (χ1v) is 7.10. The summed E-state index contributed by atoms with van der Waals surface area (Å²) in [5.74, 6) is 0.0908. The van der Waals surface area contributed by atoms with Gasteiger partial charge in [-0.05, 0) is 26.0 Å². The zero-order chi connectivity index (χ0) is 14.5. The predicted molar refractivity (Wildman–Crippen MR) is 78.1 cm³/mol. The zero-order valence-electron chi connectivity index (χ0n) is 11.3. The number of ether oxygens (including phenoxy) is 1. The fourth-order valence-electron chi connectivity index (χ4n) is 1.53. The first kappa shape index (κ1) is 14.4. The Bertz CT molecular complexity index is 598. The van der Waals surface area contributed by atoms with E-state index in [0.717, 1.165) is 5.01 Å². The van der Waals surface area contributed by atoms with E-state index in [4.69, 9.17) is 10.5 Å². The van der Waals surface area contributed by atoms with Crippen LogP contribution in [-0.2, 0) is 0 Å². The second-order valence-corrected chi connectivity index (χ2v) is 4.99. The average Bonchev–Trinajstić information content (AvgIpc) is 2.91. The number of pyridine rings is 1. The minimum absolute atomic E-state index is 0.182. The lowest BCUT2D eigenvalue weighted by molar-refractivity contribution is 0.102. The Kier molecular flexibility index (Phi) is 4.65. The molecule has 1 amide bonds. The van der Waals surface area contributed by atoms with Crippen LogP contribution in [0.5, 0.6) is 5.88 Å². The molecule has 6 nitrogen and oxygen atoms in total. The second kappa shape index (κ2) is 6.44. The summed E-state index contributed by atoms with van der Waals surface area (Å²) in [4.78, 5) is 20.4. The molecule has 2 rings (SSSR count). The maximum atomic E-state index is 12.1. The molecule has 20 heavy (non-hydrogen) atoms. The molecule has 2 aromatic rings. The van der Waals surface area contributed by atoms with Gasteiger partial charge in [0, 0.05) is 11.6 Å². The number of rotatable bonds is 5. The van der Waals surface area contributed by atoms with Gasteiger partial charge >= 0.3 is 0 Å². The van der Waals surface area contributed by atoms with Crippen molar-refractivity contribution in [2.45, 2.75) is 19.9 Å². The molecular weight excluding hydrogens is 276 g/mol. The maximum Gasteiger partial charge on any atom is 0.275 e. The van der Waals surface area contributed by atoms with Crippen LogP contribution in [0.15, 0.2) is 23.7 Å². The van der Waals surface area contributed by atoms with Crippen LogP contribution in [0.3, 0.4) is 0 Å². The number of nitrogens with zero attached hydrogens (tertiary/aromatic N) is 2. The normalized spacial score (nSPS) is 11.9. The molecule has 0 bridgehead atoms. The monoisotopic (exact) mass is 292 g/mol. The summed E-state index contributed by atoms with van der Waals surface area (Å²) in [5, 5.41) is 5.15. The summed E-state index contributed by atoms with van der Waals surface area (Å²) < 4.78 is 5.35. The Morgan fingerprint density at radius 2 is 2.40 bits per heavy atom. The van der Waals surface area contributed by atoms with Gasteiger partial charge in [0.05, 0.1) is 12.6 Å². The fraction of sp³-hybridized carbons (Fsp3) is 0.308. The lowest BCUT2D eigenvalue weighted by atomic mass is 10.3. The molecule has 106 valence electrons. The van der Waals surface area contributed by atoms with Gasteiger partial charge < -0.3 is 15.8 Å². The number of thiazole rings is 1. The molecule has 1 atom stereocenters. The zero-order valence-corrected chi connectivity index (χ0v) is 12.1. The molecule has 3 N–H and O–H groups in total. The van der Waals surface area contributed by atoms with Gasteiger partial charge in [-0.15, -0.1) is 11.3 Å². The largest absolute Gasteiger partial charge is 0.476 e. The summed E-state index contributed by atoms with van der Waals surface area (Å²) in [6, 6.07) is 3.28. The van der Waals surface area contributed by atoms with E-state index in [2.05, 4.69) is 15.3 Å². The van der Waals surface area contributed by atoms with Crippen LogP contribution >= 0.6 is 11.3 Å². The number of carbonyl (C=O) groups excluding carboxylic acids is 1. The highest BCUT2D eigenvalue weighted by molar-refractivity contribution is 7.09. The highest BCUT2D eigenvalue weighted by Crippen LogP contribution is 2.22. The van der Waals surface area contributed by atoms with Crippen molar-refractivity contribution in [2.24, 2.45) is 5.73 Å². The number of hydrogen-bond acceptors (Lipinski definition) is 6. The van der Waals surface area contributed by atoms with Gasteiger partial charge in [-0.25, -0.2) is 9.97 Å². The predicted octanol–water partition coefficient (Wildman–Crippen LogP) is 2.21. The van der Waals surface area contributed by atoms with Crippen molar-refractivity contribution in [1.29, 1.82) is 0 Å². The van der Waals surface area contributed by atoms with Crippen molar-refractivity contribution in [3.05, 3.63) is 34.4 Å². The second-order valence-electron chi connectivity index (χ2n) is 4.10. The molecule has 0 spiro atoms. The van der Waals surface area contributed by atoms with Crippen molar-refractivity contribution in [3.8, 4) is 5.88 Å². The van der Waals surface area contributed by atoms with Crippen molar-refractivity contribution >= 4 is 22.9 Å². The van der Waals surface area contributed by atoms with Crippen LogP contribution in [0.1, 0.15) is 35.4 Å². The third-order valence-electron chi connectivity index (χ3n) is 2.44. The van der Waals surface area contributed by atoms with Gasteiger partial charge in [0.25, 0.3) is 5.91 Å². The molecule has 1 unspecified atom stereocenters. The number of aromatic nitrogens is 2. The van der Waals surface area contributed by atoms with E-state index in [0.29, 0.717) is 23.9 Å². The van der Waals surface area contributed by atoms with Gasteiger partial charge in [-0.1, -0.05) is 0 Å². The van der Waals surface area contributed by atoms with Crippen molar-refractivity contribution < 1.29 is 9.53 Å². The molecule has 0 fully saturated rings. The van der Waals surface area contributed by atoms with Crippen LogP contribution < -0.4 is 15.8 Å². The Morgan fingerprint density at radius 1 is 1.60 bits per heavy atom. The molecule has 7 heteroatoms. The smallest absolute Gasteiger partial charge is 0.275 e. The average molecular weight is 292 g/mol. The summed E-state index contributed by atoms with van der Waals surface area (Å²) >= 11 is 1.37. The fourth-order valence-corrected chi connectivity index (χ4v) is 2.28. The topological polar surface area (TPSA) is 90.1 Å². The molecule has 2 heterocycles. The summed E-state index contributed by atoms with van der Waals surface area (Å²) in [6.45, 7) is 4.16. The Balaban J connectivity index is 2.14. The van der Waals surface area contributed by atoms with Gasteiger partial charge in [0.15, 0.2) is 0 Å². The van der Waals surface area contributed by atoms with E-state index in [-0.39, 0.29) is 11.9 Å². The van der Waals surface area contributed by atoms with Gasteiger partial charge in [-0.2, -0.15) is 0 Å². The molecule has 0 aliphatic rings. The van der Waals surface area contributed by atoms with Crippen molar-refractivity contribution in [1.82, 2.24) is 9.97 Å². The van der Waals surface area contributed by atoms with Crippen molar-refractivity contribution in [3.63, 3.8) is 0 Å². The number of carbonyl (C=O) groups is 1. The molecule has 2 aromatic heterocycles. The maximum absolute atomic E-state index is 12.1. The van der Waals surface area contributed by atoms with E-state index in [1.807, 2.05) is 13.8 Å². The number of nitrogens with two attached hydrogens (primary N) is 1. The Morgan fingerprint density at radius 3 is 3.05 bits per heavy atom. The van der Waals surface area contributed by atoms with E-state index < -0.39 is 0 Å². The van der Waals surface area contributed by atoms with Crippen LogP contribution in [0, 0.1) is 0 Å². The molecule has 0 saturated carbocycles. The SMILES string of the molecule is CCOc1ncccc1NC(=O)c1csc(C(C)N)n1. The van der Waals surface area contributed by atoms with Crippen LogP contribution in [-0.4, -0.2) is 22.5 Å². The Hall–Kier alpha value is -1.99. The number of amides is 1. The van der Waals surface area contributed by atoms with Gasteiger partial charge in [0.2, 0.25) is 5.88 Å². The highest BCUT2D eigenvalue weighted by atomic mass is 32.1. The molecule has 0 saturated heterocycles. The highest BCUT2D eigenvalue weighted by Gasteiger charge is 2.15. The van der Waals surface area contributed by atoms with E-state index in [1.165, 1.54) is 11.3 Å². The number of hydrogen-bond donors (Lipinski definition) is 2.